The largest absolute Gasteiger partial charge is 0.335 e. The minimum absolute atomic E-state index is 0.122. The number of nitrogen functional groups attached to an aromatic ring is 1. The molecule has 140 valence electrons. The van der Waals surface area contributed by atoms with Gasteiger partial charge in [-0.2, -0.15) is 0 Å². The van der Waals surface area contributed by atoms with Crippen LogP contribution in [0.15, 0.2) is 41.6 Å². The zero-order chi connectivity index (χ0) is 19.6. The van der Waals surface area contributed by atoms with Gasteiger partial charge in [0.2, 0.25) is 11.1 Å². The van der Waals surface area contributed by atoms with Gasteiger partial charge in [0.15, 0.2) is 5.82 Å². The molecule has 3 rings (SSSR count). The lowest BCUT2D eigenvalue weighted by molar-refractivity contribution is -0.113. The molecule has 0 spiro atoms. The summed E-state index contributed by atoms with van der Waals surface area (Å²) in [5.74, 6) is 6.65. The molecule has 3 N–H and O–H groups in total. The zero-order valence-electron chi connectivity index (χ0n) is 14.7. The van der Waals surface area contributed by atoms with E-state index in [2.05, 4.69) is 38.1 Å². The third-order valence-electron chi connectivity index (χ3n) is 3.86. The van der Waals surface area contributed by atoms with Gasteiger partial charge in [-0.15, -0.1) is 10.2 Å². The average molecular weight is 514 g/mol. The molecule has 9 heteroatoms. The first kappa shape index (κ1) is 20.0. The maximum absolute atomic E-state index is 12.4. The quantitative estimate of drug-likeness (QED) is 0.302. The molecule has 0 fully saturated rings. The Labute approximate surface area is 180 Å². The van der Waals surface area contributed by atoms with Crippen molar-refractivity contribution in [3.05, 3.63) is 56.1 Å². The van der Waals surface area contributed by atoms with E-state index >= 15 is 0 Å². The van der Waals surface area contributed by atoms with Crippen LogP contribution in [-0.4, -0.2) is 26.5 Å². The van der Waals surface area contributed by atoms with Gasteiger partial charge in [0.25, 0.3) is 0 Å². The summed E-state index contributed by atoms with van der Waals surface area (Å²) in [4.78, 5) is 12.4. The van der Waals surface area contributed by atoms with Crippen molar-refractivity contribution in [3.8, 4) is 11.4 Å². The number of rotatable bonds is 5. The molecule has 6 nitrogen and oxygen atoms in total. The van der Waals surface area contributed by atoms with E-state index in [9.17, 15) is 4.79 Å². The second-order valence-electron chi connectivity index (χ2n) is 5.93. The molecule has 0 aliphatic carbocycles. The summed E-state index contributed by atoms with van der Waals surface area (Å²) >= 11 is 9.40. The smallest absolute Gasteiger partial charge is 0.234 e. The number of aromatic nitrogens is 3. The highest BCUT2D eigenvalue weighted by atomic mass is 127. The summed E-state index contributed by atoms with van der Waals surface area (Å²) in [5, 5.41) is 12.2. The maximum atomic E-state index is 12.4. The maximum Gasteiger partial charge on any atom is 0.234 e. The van der Waals surface area contributed by atoms with Gasteiger partial charge in [0.1, 0.15) is 0 Å². The highest BCUT2D eigenvalue weighted by molar-refractivity contribution is 14.1. The van der Waals surface area contributed by atoms with Gasteiger partial charge in [-0.05, 0) is 84.0 Å². The van der Waals surface area contributed by atoms with Crippen molar-refractivity contribution in [2.24, 2.45) is 0 Å². The van der Waals surface area contributed by atoms with E-state index in [1.807, 2.05) is 38.1 Å². The Hall–Kier alpha value is -1.78. The molecule has 0 saturated heterocycles. The number of hydrogen-bond acceptors (Lipinski definition) is 5. The summed E-state index contributed by atoms with van der Waals surface area (Å²) in [5.41, 5.74) is 3.71. The van der Waals surface area contributed by atoms with Crippen molar-refractivity contribution >= 4 is 57.5 Å². The number of anilines is 1. The SMILES string of the molecule is Cc1cc(I)cc(C)c1NC(=O)CSc1nnc(-c2ccc(Cl)cc2)n1N. The second kappa shape index (κ2) is 8.49. The highest BCUT2D eigenvalue weighted by Crippen LogP contribution is 2.25. The lowest BCUT2D eigenvalue weighted by Crippen LogP contribution is -2.17. The number of nitrogens with one attached hydrogen (secondary N) is 1. The first-order valence-corrected chi connectivity index (χ1v) is 10.4. The third kappa shape index (κ3) is 4.74. The van der Waals surface area contributed by atoms with E-state index in [1.54, 1.807) is 12.1 Å². The van der Waals surface area contributed by atoms with Crippen LogP contribution in [0, 0.1) is 17.4 Å². The molecule has 0 saturated carbocycles. The molecule has 0 bridgehead atoms. The first-order valence-electron chi connectivity index (χ1n) is 8.01. The van der Waals surface area contributed by atoms with E-state index in [0.717, 1.165) is 25.9 Å². The van der Waals surface area contributed by atoms with Gasteiger partial charge in [0, 0.05) is 19.8 Å². The Morgan fingerprint density at radius 3 is 2.48 bits per heavy atom. The molecular weight excluding hydrogens is 497 g/mol. The Bertz CT molecular complexity index is 967. The number of nitrogens with zero attached hydrogens (tertiary/aromatic N) is 3. The van der Waals surface area contributed by atoms with Crippen molar-refractivity contribution in [1.82, 2.24) is 14.9 Å². The van der Waals surface area contributed by atoms with Crippen molar-refractivity contribution < 1.29 is 4.79 Å². The number of amides is 1. The predicted molar refractivity (Wildman–Crippen MR) is 119 cm³/mol. The Kier molecular flexibility index (Phi) is 6.28. The van der Waals surface area contributed by atoms with Crippen LogP contribution in [0.25, 0.3) is 11.4 Å². The van der Waals surface area contributed by atoms with Crippen molar-refractivity contribution in [2.45, 2.75) is 19.0 Å². The lowest BCUT2D eigenvalue weighted by atomic mass is 10.1. The number of carbonyl (C=O) groups excluding carboxylic acids is 1. The highest BCUT2D eigenvalue weighted by Gasteiger charge is 2.15. The van der Waals surface area contributed by atoms with Gasteiger partial charge < -0.3 is 11.2 Å². The number of carbonyl (C=O) groups is 1. The minimum Gasteiger partial charge on any atom is -0.335 e. The van der Waals surface area contributed by atoms with Gasteiger partial charge in [-0.1, -0.05) is 23.4 Å². The van der Waals surface area contributed by atoms with Crippen LogP contribution in [0.4, 0.5) is 5.69 Å². The predicted octanol–water partition coefficient (Wildman–Crippen LogP) is 4.26. The molecule has 0 aliphatic heterocycles. The molecule has 3 aromatic rings. The second-order valence-corrected chi connectivity index (χ2v) is 8.56. The van der Waals surface area contributed by atoms with Gasteiger partial charge in [-0.3, -0.25) is 4.79 Å². The van der Waals surface area contributed by atoms with Crippen LogP contribution in [0.2, 0.25) is 5.02 Å². The van der Waals surface area contributed by atoms with Crippen LogP contribution in [0.1, 0.15) is 11.1 Å². The van der Waals surface area contributed by atoms with Gasteiger partial charge in [-0.25, -0.2) is 4.68 Å². The first-order chi connectivity index (χ1) is 12.8. The molecule has 1 heterocycles. The van der Waals surface area contributed by atoms with Gasteiger partial charge >= 0.3 is 0 Å². The molecule has 1 aromatic heterocycles. The fourth-order valence-electron chi connectivity index (χ4n) is 2.58. The van der Waals surface area contributed by atoms with E-state index in [0.29, 0.717) is 16.0 Å². The zero-order valence-corrected chi connectivity index (χ0v) is 18.4. The minimum atomic E-state index is -0.122. The molecular formula is C18H17ClIN5OS. The van der Waals surface area contributed by atoms with E-state index in [1.165, 1.54) is 16.4 Å². The van der Waals surface area contributed by atoms with E-state index in [-0.39, 0.29) is 11.7 Å². The van der Waals surface area contributed by atoms with Crippen LogP contribution in [0.5, 0.6) is 0 Å². The Morgan fingerprint density at radius 2 is 1.85 bits per heavy atom. The van der Waals surface area contributed by atoms with Crippen molar-refractivity contribution in [3.63, 3.8) is 0 Å². The number of nitrogens with two attached hydrogens (primary N) is 1. The summed E-state index contributed by atoms with van der Waals surface area (Å²) in [7, 11) is 0. The normalized spacial score (nSPS) is 10.8. The summed E-state index contributed by atoms with van der Waals surface area (Å²) in [6, 6.07) is 11.2. The number of hydrogen-bond donors (Lipinski definition) is 2. The number of thioether (sulfide) groups is 1. The monoisotopic (exact) mass is 513 g/mol. The van der Waals surface area contributed by atoms with Crippen molar-refractivity contribution in [1.29, 1.82) is 0 Å². The number of aryl methyl sites for hydroxylation is 2. The Balaban J connectivity index is 1.67. The molecule has 27 heavy (non-hydrogen) atoms. The summed E-state index contributed by atoms with van der Waals surface area (Å²) in [6.07, 6.45) is 0. The average Bonchev–Trinajstić information content (AvgIpc) is 2.98. The summed E-state index contributed by atoms with van der Waals surface area (Å²) in [6.45, 7) is 3.96. The standard InChI is InChI=1S/C18H17ClIN5OS/c1-10-7-14(20)8-11(2)16(10)22-15(26)9-27-18-24-23-17(25(18)21)12-3-5-13(19)6-4-12/h3-8H,9,21H2,1-2H3,(H,22,26). The third-order valence-corrected chi connectivity index (χ3v) is 5.68. The van der Waals surface area contributed by atoms with E-state index in [4.69, 9.17) is 17.4 Å². The summed E-state index contributed by atoms with van der Waals surface area (Å²) < 4.78 is 2.52. The topological polar surface area (TPSA) is 85.8 Å². The molecule has 0 atom stereocenters. The molecule has 2 aromatic carbocycles. The van der Waals surface area contributed by atoms with Crippen LogP contribution < -0.4 is 11.2 Å². The van der Waals surface area contributed by atoms with Crippen LogP contribution in [-0.2, 0) is 4.79 Å². The van der Waals surface area contributed by atoms with Crippen molar-refractivity contribution in [2.75, 3.05) is 16.9 Å². The fourth-order valence-corrected chi connectivity index (χ4v) is 4.30. The molecule has 0 radical (unpaired) electrons. The number of halogens is 2. The lowest BCUT2D eigenvalue weighted by Gasteiger charge is -2.12. The number of benzene rings is 2. The molecule has 0 aliphatic rings. The molecule has 0 unspecified atom stereocenters. The van der Waals surface area contributed by atoms with Crippen LogP contribution in [0.3, 0.4) is 0 Å². The fraction of sp³-hybridized carbons (Fsp3) is 0.167. The van der Waals surface area contributed by atoms with E-state index < -0.39 is 0 Å². The van der Waals surface area contributed by atoms with Crippen LogP contribution >= 0.6 is 46.0 Å². The molecule has 1 amide bonds. The Morgan fingerprint density at radius 1 is 1.22 bits per heavy atom. The van der Waals surface area contributed by atoms with Gasteiger partial charge in [0.05, 0.1) is 5.75 Å².